The number of aliphatic hydroxyl groups excluding tert-OH is 1. The molecule has 4 nitrogen and oxygen atoms in total. The summed E-state index contributed by atoms with van der Waals surface area (Å²) in [6.07, 6.45) is 9.97. The number of nitrogens with one attached hydrogen (secondary N) is 2. The van der Waals surface area contributed by atoms with Crippen molar-refractivity contribution in [3.05, 3.63) is 18.2 Å². The second kappa shape index (κ2) is 5.65. The molecule has 1 fully saturated rings. The molecule has 1 aromatic heterocycles. The molecule has 0 radical (unpaired) electrons. The van der Waals surface area contributed by atoms with Gasteiger partial charge in [0.2, 0.25) is 0 Å². The van der Waals surface area contributed by atoms with E-state index in [0.717, 1.165) is 5.82 Å². The van der Waals surface area contributed by atoms with Gasteiger partial charge in [0, 0.05) is 17.9 Å². The summed E-state index contributed by atoms with van der Waals surface area (Å²) in [5.74, 6) is 1.51. The van der Waals surface area contributed by atoms with Gasteiger partial charge in [0.05, 0.1) is 13.2 Å². The monoisotopic (exact) mass is 237 g/mol. The minimum absolute atomic E-state index is 0.173. The molecule has 2 rings (SSSR count). The first-order valence-electron chi connectivity index (χ1n) is 6.59. The maximum atomic E-state index is 9.67. The molecular weight excluding hydrogens is 214 g/mol. The Morgan fingerprint density at radius 3 is 2.82 bits per heavy atom. The second-order valence-electron chi connectivity index (χ2n) is 5.30. The molecule has 1 unspecified atom stereocenters. The molecule has 1 aliphatic rings. The second-order valence-corrected chi connectivity index (χ2v) is 5.30. The molecule has 1 saturated carbocycles. The van der Waals surface area contributed by atoms with Crippen LogP contribution in [0.25, 0.3) is 0 Å². The van der Waals surface area contributed by atoms with E-state index in [4.69, 9.17) is 0 Å². The Balaban J connectivity index is 1.93. The summed E-state index contributed by atoms with van der Waals surface area (Å²) in [7, 11) is 0. The largest absolute Gasteiger partial charge is 0.394 e. The molecule has 96 valence electrons. The van der Waals surface area contributed by atoms with Crippen molar-refractivity contribution in [1.82, 2.24) is 15.3 Å². The van der Waals surface area contributed by atoms with Gasteiger partial charge in [-0.25, -0.2) is 4.98 Å². The zero-order valence-corrected chi connectivity index (χ0v) is 10.6. The number of aliphatic hydroxyl groups is 1. The van der Waals surface area contributed by atoms with Crippen LogP contribution in [0.15, 0.2) is 12.4 Å². The number of imidazole rings is 1. The summed E-state index contributed by atoms with van der Waals surface area (Å²) in [4.78, 5) is 7.28. The van der Waals surface area contributed by atoms with Gasteiger partial charge in [0.25, 0.3) is 0 Å². The van der Waals surface area contributed by atoms with Crippen LogP contribution in [0.3, 0.4) is 0 Å². The average Bonchev–Trinajstić information content (AvgIpc) is 2.90. The van der Waals surface area contributed by atoms with Crippen LogP contribution in [0.2, 0.25) is 0 Å². The zero-order valence-electron chi connectivity index (χ0n) is 10.6. The number of hydrogen-bond acceptors (Lipinski definition) is 3. The van der Waals surface area contributed by atoms with Gasteiger partial charge >= 0.3 is 0 Å². The van der Waals surface area contributed by atoms with E-state index >= 15 is 0 Å². The molecule has 4 heteroatoms. The zero-order chi connectivity index (χ0) is 12.1. The van der Waals surface area contributed by atoms with Gasteiger partial charge in [-0.3, -0.25) is 0 Å². The normalized spacial score (nSPS) is 21.3. The van der Waals surface area contributed by atoms with Crippen molar-refractivity contribution in [1.29, 1.82) is 0 Å². The molecule has 3 N–H and O–H groups in total. The first kappa shape index (κ1) is 12.6. The molecule has 1 aromatic rings. The highest BCUT2D eigenvalue weighted by Crippen LogP contribution is 2.32. The molecule has 0 aromatic carbocycles. The minimum Gasteiger partial charge on any atom is -0.394 e. The molecule has 0 saturated heterocycles. The van der Waals surface area contributed by atoms with Gasteiger partial charge < -0.3 is 15.4 Å². The van der Waals surface area contributed by atoms with Gasteiger partial charge in [-0.05, 0) is 25.7 Å². The fourth-order valence-corrected chi connectivity index (χ4v) is 2.75. The van der Waals surface area contributed by atoms with Gasteiger partial charge in [-0.2, -0.15) is 0 Å². The van der Waals surface area contributed by atoms with Crippen LogP contribution in [0.5, 0.6) is 0 Å². The third-order valence-corrected chi connectivity index (χ3v) is 4.05. The SMILES string of the molecule is CC(CO)(NCc1ncc[nH]1)C1CCCCC1. The lowest BCUT2D eigenvalue weighted by Gasteiger charge is -2.39. The van der Waals surface area contributed by atoms with Crippen LogP contribution in [0, 0.1) is 5.92 Å². The lowest BCUT2D eigenvalue weighted by molar-refractivity contribution is 0.0931. The fourth-order valence-electron chi connectivity index (χ4n) is 2.75. The molecular formula is C13H23N3O. The van der Waals surface area contributed by atoms with Crippen molar-refractivity contribution in [2.24, 2.45) is 5.92 Å². The van der Waals surface area contributed by atoms with E-state index in [1.807, 2.05) is 6.20 Å². The summed E-state index contributed by atoms with van der Waals surface area (Å²) < 4.78 is 0. The molecule has 1 heterocycles. The maximum Gasteiger partial charge on any atom is 0.120 e. The van der Waals surface area contributed by atoms with Crippen LogP contribution in [-0.2, 0) is 6.54 Å². The lowest BCUT2D eigenvalue weighted by atomic mass is 9.76. The van der Waals surface area contributed by atoms with Crippen LogP contribution >= 0.6 is 0 Å². The van der Waals surface area contributed by atoms with Crippen molar-refractivity contribution in [2.45, 2.75) is 51.1 Å². The molecule has 0 aliphatic heterocycles. The van der Waals surface area contributed by atoms with Crippen LogP contribution < -0.4 is 5.32 Å². The average molecular weight is 237 g/mol. The van der Waals surface area contributed by atoms with Gasteiger partial charge in [0.1, 0.15) is 5.82 Å². The lowest BCUT2D eigenvalue weighted by Crippen LogP contribution is -2.52. The van der Waals surface area contributed by atoms with Crippen LogP contribution in [0.4, 0.5) is 0 Å². The van der Waals surface area contributed by atoms with Gasteiger partial charge in [-0.1, -0.05) is 19.3 Å². The van der Waals surface area contributed by atoms with E-state index in [9.17, 15) is 5.11 Å². The summed E-state index contributed by atoms with van der Waals surface area (Å²) in [6.45, 7) is 3.02. The standard InChI is InChI=1S/C13H23N3O/c1-13(10-17,11-5-3-2-4-6-11)16-9-12-14-7-8-15-12/h7-8,11,16-17H,2-6,9-10H2,1H3,(H,14,15). The van der Waals surface area contributed by atoms with Crippen molar-refractivity contribution in [3.63, 3.8) is 0 Å². The van der Waals surface area contributed by atoms with E-state index in [1.54, 1.807) is 6.20 Å². The topological polar surface area (TPSA) is 60.9 Å². The van der Waals surface area contributed by atoms with Gasteiger partial charge in [-0.15, -0.1) is 0 Å². The first-order chi connectivity index (χ1) is 8.24. The van der Waals surface area contributed by atoms with E-state index in [1.165, 1.54) is 32.1 Å². The number of hydrogen-bond donors (Lipinski definition) is 3. The van der Waals surface area contributed by atoms with Crippen LogP contribution in [-0.4, -0.2) is 27.2 Å². The van der Waals surface area contributed by atoms with E-state index < -0.39 is 0 Å². The first-order valence-corrected chi connectivity index (χ1v) is 6.59. The number of nitrogens with zero attached hydrogens (tertiary/aromatic N) is 1. The number of aromatic amines is 1. The number of aromatic nitrogens is 2. The van der Waals surface area contributed by atoms with E-state index in [-0.39, 0.29) is 12.1 Å². The Kier molecular flexibility index (Phi) is 4.18. The van der Waals surface area contributed by atoms with E-state index in [0.29, 0.717) is 12.5 Å². The number of rotatable bonds is 5. The third kappa shape index (κ3) is 3.07. The van der Waals surface area contributed by atoms with E-state index in [2.05, 4.69) is 22.2 Å². The van der Waals surface area contributed by atoms with Crippen molar-refractivity contribution < 1.29 is 5.11 Å². The third-order valence-electron chi connectivity index (χ3n) is 4.05. The Bertz CT molecular complexity index is 319. The Labute approximate surface area is 103 Å². The van der Waals surface area contributed by atoms with Gasteiger partial charge in [0.15, 0.2) is 0 Å². The van der Waals surface area contributed by atoms with Crippen molar-refractivity contribution in [2.75, 3.05) is 6.61 Å². The maximum absolute atomic E-state index is 9.67. The molecule has 1 aliphatic carbocycles. The predicted molar refractivity (Wildman–Crippen MR) is 67.5 cm³/mol. The Morgan fingerprint density at radius 2 is 2.24 bits per heavy atom. The quantitative estimate of drug-likeness (QED) is 0.732. The summed E-state index contributed by atoms with van der Waals surface area (Å²) >= 11 is 0. The fraction of sp³-hybridized carbons (Fsp3) is 0.769. The molecule has 0 bridgehead atoms. The molecule has 0 spiro atoms. The Hall–Kier alpha value is -0.870. The highest BCUT2D eigenvalue weighted by Gasteiger charge is 2.33. The summed E-state index contributed by atoms with van der Waals surface area (Å²) in [5.41, 5.74) is -0.173. The van der Waals surface area contributed by atoms with Crippen molar-refractivity contribution in [3.8, 4) is 0 Å². The highest BCUT2D eigenvalue weighted by molar-refractivity contribution is 4.94. The summed E-state index contributed by atoms with van der Waals surface area (Å²) in [6, 6.07) is 0. The number of H-pyrrole nitrogens is 1. The summed E-state index contributed by atoms with van der Waals surface area (Å²) in [5, 5.41) is 13.1. The molecule has 1 atom stereocenters. The smallest absolute Gasteiger partial charge is 0.120 e. The minimum atomic E-state index is -0.173. The molecule has 0 amide bonds. The predicted octanol–water partition coefficient (Wildman–Crippen LogP) is 1.83. The van der Waals surface area contributed by atoms with Crippen LogP contribution in [0.1, 0.15) is 44.9 Å². The highest BCUT2D eigenvalue weighted by atomic mass is 16.3. The Morgan fingerprint density at radius 1 is 1.47 bits per heavy atom. The van der Waals surface area contributed by atoms with Crippen molar-refractivity contribution >= 4 is 0 Å². The molecule has 17 heavy (non-hydrogen) atoms.